The van der Waals surface area contributed by atoms with Crippen molar-refractivity contribution in [3.05, 3.63) is 0 Å². The molecule has 5 heavy (non-hydrogen) atoms. The van der Waals surface area contributed by atoms with E-state index in [0.717, 1.165) is 0 Å². The van der Waals surface area contributed by atoms with Gasteiger partial charge < -0.3 is 16.1 Å². The van der Waals surface area contributed by atoms with Crippen molar-refractivity contribution < 1.29 is 9.90 Å². The number of quaternary nitrogens is 1. The van der Waals surface area contributed by atoms with Crippen molar-refractivity contribution >= 4 is 29.5 Å². The molecule has 0 heterocycles. The van der Waals surface area contributed by atoms with Crippen LogP contribution in [0.15, 0.2) is 0 Å². The lowest BCUT2D eigenvalue weighted by atomic mass is 11.7. The first-order valence-corrected chi connectivity index (χ1v) is 0.471. The number of carbonyl (C=O) groups excluding carboxylic acids is 1. The van der Waals surface area contributed by atoms with Crippen LogP contribution in [0, 0.1) is 0 Å². The molecule has 0 amide bonds. The number of hydrogen-bond acceptors (Lipinski definition) is 2. The van der Waals surface area contributed by atoms with E-state index < -0.39 is 6.47 Å². The third-order valence-electron chi connectivity index (χ3n) is 0. The number of carboxylic acid groups (broad SMARTS) is 1. The fourth-order valence-electron chi connectivity index (χ4n) is 0. The highest BCUT2D eigenvalue weighted by molar-refractivity contribution is 5.75. The van der Waals surface area contributed by atoms with Gasteiger partial charge in [-0.15, -0.1) is 0 Å². The lowest BCUT2D eigenvalue weighted by Crippen LogP contribution is -2.01. The molecule has 0 bridgehead atoms. The van der Waals surface area contributed by atoms with Crippen molar-refractivity contribution in [2.45, 2.75) is 0 Å². The lowest BCUT2D eigenvalue weighted by Gasteiger charge is -1.52. The van der Waals surface area contributed by atoms with Crippen LogP contribution in [0.1, 0.15) is 0 Å². The van der Waals surface area contributed by atoms with Gasteiger partial charge in [0.15, 0.2) is 0 Å². The summed E-state index contributed by atoms with van der Waals surface area (Å²) in [6, 6.07) is 0. The Morgan fingerprint density at radius 3 is 1.60 bits per heavy atom. The highest BCUT2D eigenvalue weighted by atomic mass is 24.3. The van der Waals surface area contributed by atoms with Gasteiger partial charge in [-0.3, -0.25) is 0 Å². The van der Waals surface area contributed by atoms with Crippen molar-refractivity contribution in [3.8, 4) is 0 Å². The van der Waals surface area contributed by atoms with E-state index in [1.807, 2.05) is 0 Å². The highest BCUT2D eigenvalue weighted by Crippen LogP contribution is 0.754. The van der Waals surface area contributed by atoms with Gasteiger partial charge in [-0.05, 0) is 0 Å². The monoisotopic (exact) mass is 87.0 g/mol. The molecule has 0 saturated heterocycles. The van der Waals surface area contributed by atoms with Crippen LogP contribution in [-0.4, -0.2) is 29.5 Å². The van der Waals surface area contributed by atoms with Crippen LogP contribution in [0.4, 0.5) is 0 Å². The predicted octanol–water partition coefficient (Wildman–Crippen LogP) is -1.64. The summed E-state index contributed by atoms with van der Waals surface area (Å²) in [4.78, 5) is 8.25. The molecule has 28 valence electrons. The topological polar surface area (TPSA) is 76.6 Å². The Bertz CT molecular complexity index is 17.1. The Labute approximate surface area is 46.1 Å². The maximum Gasteiger partial charge on any atom is 0.0275 e. The Hall–Kier alpha value is 0.196. The number of rotatable bonds is 0. The fraction of sp³-hybridized carbons (Fsp3) is 0. The number of carbonyl (C=O) groups is 1. The van der Waals surface area contributed by atoms with Gasteiger partial charge in [-0.1, -0.05) is 0 Å². The van der Waals surface area contributed by atoms with Gasteiger partial charge in [0.1, 0.15) is 0 Å². The van der Waals surface area contributed by atoms with Gasteiger partial charge in [-0.2, -0.15) is 0 Å². The maximum absolute atomic E-state index is 8.25. The van der Waals surface area contributed by atoms with E-state index >= 15 is 0 Å². The second-order valence-corrected chi connectivity index (χ2v) is 0.0962. The minimum atomic E-state index is -0.500. The van der Waals surface area contributed by atoms with E-state index in [-0.39, 0.29) is 29.2 Å². The predicted molar refractivity (Wildman–Crippen MR) is 17.8 cm³/mol. The van der Waals surface area contributed by atoms with Gasteiger partial charge in [0.05, 0.1) is 0 Å². The zero-order valence-corrected chi connectivity index (χ0v) is 4.52. The van der Waals surface area contributed by atoms with Gasteiger partial charge in [0, 0.05) is 29.5 Å². The molecule has 0 rings (SSSR count). The maximum atomic E-state index is 8.25. The Morgan fingerprint density at radius 1 is 1.60 bits per heavy atom. The van der Waals surface area contributed by atoms with Crippen molar-refractivity contribution in [2.75, 3.05) is 0 Å². The smallest absolute Gasteiger partial charge is 0.0275 e. The summed E-state index contributed by atoms with van der Waals surface area (Å²) in [5.74, 6) is 0. The normalized spacial score (nSPS) is 2.40. The van der Waals surface area contributed by atoms with Crippen LogP contribution in [0.5, 0.6) is 0 Å². The zero-order valence-electron chi connectivity index (χ0n) is 3.10. The molecule has 2 radical (unpaired) electrons. The molecule has 0 unspecified atom stereocenters. The van der Waals surface area contributed by atoms with E-state index in [2.05, 4.69) is 0 Å². The largest absolute Gasteiger partial charge is 0.554 e. The molecule has 4 heteroatoms. The van der Waals surface area contributed by atoms with Crippen LogP contribution >= 0.6 is 0 Å². The van der Waals surface area contributed by atoms with E-state index in [4.69, 9.17) is 9.90 Å². The first-order chi connectivity index (χ1) is 1.41. The summed E-state index contributed by atoms with van der Waals surface area (Å²) >= 11 is 0. The van der Waals surface area contributed by atoms with E-state index in [0.29, 0.717) is 0 Å². The molecule has 0 fully saturated rings. The molecule has 0 aromatic heterocycles. The average Bonchev–Trinajstić information content (AvgIpc) is 0.918. The van der Waals surface area contributed by atoms with Crippen molar-refractivity contribution in [1.82, 2.24) is 6.15 Å². The summed E-state index contributed by atoms with van der Waals surface area (Å²) in [5, 5.41) is 8.25. The molecule has 3 nitrogen and oxygen atoms in total. The molecule has 4 N–H and O–H groups in total. The summed E-state index contributed by atoms with van der Waals surface area (Å²) in [5.41, 5.74) is 0. The van der Waals surface area contributed by atoms with Crippen molar-refractivity contribution in [1.29, 1.82) is 0 Å². The fourth-order valence-corrected chi connectivity index (χ4v) is 0. The van der Waals surface area contributed by atoms with E-state index in [1.54, 1.807) is 0 Å². The third-order valence-corrected chi connectivity index (χ3v) is 0. The Kier molecular flexibility index (Phi) is 114. The molecule has 0 aliphatic heterocycles. The summed E-state index contributed by atoms with van der Waals surface area (Å²) < 4.78 is 0. The van der Waals surface area contributed by atoms with Gasteiger partial charge in [0.2, 0.25) is 0 Å². The summed E-state index contributed by atoms with van der Waals surface area (Å²) in [6.45, 7) is -0.500. The van der Waals surface area contributed by atoms with Crippen LogP contribution in [0.25, 0.3) is 0 Å². The minimum Gasteiger partial charge on any atom is -0.554 e. The molecular formula is CH5MgNO2. The van der Waals surface area contributed by atoms with Gasteiger partial charge >= 0.3 is 0 Å². The van der Waals surface area contributed by atoms with Crippen LogP contribution in [0.2, 0.25) is 0 Å². The number of hydrogen-bond donors (Lipinski definition) is 1. The Balaban J connectivity index is -0.0000000200. The standard InChI is InChI=1S/CH2O2.Mg.H3N/c2-1-3;;/h1H,(H,2,3);;1H3. The average molecular weight is 87.4 g/mol. The van der Waals surface area contributed by atoms with Crippen molar-refractivity contribution in [2.24, 2.45) is 0 Å². The second-order valence-electron chi connectivity index (χ2n) is 0.0962. The molecule has 0 saturated carbocycles. The molecular weight excluding hydrogens is 82.3 g/mol. The van der Waals surface area contributed by atoms with Crippen molar-refractivity contribution in [3.63, 3.8) is 0 Å². The summed E-state index contributed by atoms with van der Waals surface area (Å²) in [6.07, 6.45) is 0. The third kappa shape index (κ3) is 526. The Morgan fingerprint density at radius 2 is 1.60 bits per heavy atom. The molecule has 0 atom stereocenters. The summed E-state index contributed by atoms with van der Waals surface area (Å²) in [7, 11) is 0. The van der Waals surface area contributed by atoms with E-state index in [1.165, 1.54) is 0 Å². The van der Waals surface area contributed by atoms with Gasteiger partial charge in [0.25, 0.3) is 0 Å². The molecule has 0 aromatic carbocycles. The lowest BCUT2D eigenvalue weighted by molar-refractivity contribution is -0.283. The van der Waals surface area contributed by atoms with Crippen LogP contribution in [0.3, 0.4) is 0 Å². The second kappa shape index (κ2) is 30.0. The molecule has 0 spiro atoms. The van der Waals surface area contributed by atoms with E-state index in [9.17, 15) is 0 Å². The molecule has 0 aliphatic carbocycles. The quantitative estimate of drug-likeness (QED) is 0.284. The van der Waals surface area contributed by atoms with Gasteiger partial charge in [-0.25, -0.2) is 0 Å². The molecule has 0 aliphatic rings. The SMILES string of the molecule is O=C[O-].[Mg].[NH4+]. The van der Waals surface area contributed by atoms with Crippen LogP contribution < -0.4 is 11.3 Å². The first kappa shape index (κ1) is 19.0. The highest BCUT2D eigenvalue weighted by Gasteiger charge is 0.996. The minimum absolute atomic E-state index is 0. The van der Waals surface area contributed by atoms with Crippen LogP contribution in [-0.2, 0) is 4.79 Å². The zero-order chi connectivity index (χ0) is 2.71. The molecule has 0 aromatic rings. The first-order valence-electron chi connectivity index (χ1n) is 0.471.